The van der Waals surface area contributed by atoms with Crippen LogP contribution < -0.4 is 14.4 Å². The topological polar surface area (TPSA) is 96.0 Å². The molecule has 2 aromatic rings. The zero-order valence-corrected chi connectivity index (χ0v) is 22.3. The van der Waals surface area contributed by atoms with E-state index in [4.69, 9.17) is 4.74 Å². The van der Waals surface area contributed by atoms with E-state index in [-0.39, 0.29) is 18.5 Å². The maximum atomic E-state index is 13.7. The summed E-state index contributed by atoms with van der Waals surface area (Å²) < 4.78 is 31.6. The van der Waals surface area contributed by atoms with E-state index in [1.54, 1.807) is 37.4 Å². The number of nitrogens with one attached hydrogen (secondary N) is 1. The van der Waals surface area contributed by atoms with Crippen LogP contribution in [0.15, 0.2) is 48.5 Å². The van der Waals surface area contributed by atoms with Crippen molar-refractivity contribution in [3.8, 4) is 5.75 Å². The van der Waals surface area contributed by atoms with Crippen LogP contribution in [-0.4, -0.2) is 57.1 Å². The molecule has 0 aliphatic rings. The number of benzene rings is 2. The first-order chi connectivity index (χ1) is 16.5. The number of hydrogen-bond donors (Lipinski definition) is 1. The number of nitrogens with zero attached hydrogens (tertiary/aromatic N) is 2. The molecule has 0 radical (unpaired) electrons. The number of carbonyl (C=O) groups excluding carboxylic acids is 2. The van der Waals surface area contributed by atoms with Crippen molar-refractivity contribution in [1.82, 2.24) is 10.2 Å². The van der Waals surface area contributed by atoms with Gasteiger partial charge in [0.1, 0.15) is 18.3 Å². The fourth-order valence-corrected chi connectivity index (χ4v) is 4.53. The van der Waals surface area contributed by atoms with E-state index in [2.05, 4.69) is 5.32 Å². The lowest BCUT2D eigenvalue weighted by atomic mass is 10.1. The van der Waals surface area contributed by atoms with Crippen LogP contribution in [-0.2, 0) is 26.2 Å². The lowest BCUT2D eigenvalue weighted by molar-refractivity contribution is -0.140. The van der Waals surface area contributed by atoms with Crippen molar-refractivity contribution in [2.24, 2.45) is 0 Å². The summed E-state index contributed by atoms with van der Waals surface area (Å²) in [6.45, 7) is 7.31. The van der Waals surface area contributed by atoms with Gasteiger partial charge >= 0.3 is 0 Å². The molecule has 2 aromatic carbocycles. The van der Waals surface area contributed by atoms with Gasteiger partial charge in [-0.15, -0.1) is 0 Å². The molecule has 0 spiro atoms. The summed E-state index contributed by atoms with van der Waals surface area (Å²) >= 11 is 0. The molecule has 192 valence electrons. The van der Waals surface area contributed by atoms with Gasteiger partial charge < -0.3 is 15.0 Å². The van der Waals surface area contributed by atoms with Crippen molar-refractivity contribution in [2.75, 3.05) is 24.2 Å². The van der Waals surface area contributed by atoms with Crippen LogP contribution in [0, 0.1) is 6.92 Å². The molecule has 0 aliphatic heterocycles. The van der Waals surface area contributed by atoms with Crippen molar-refractivity contribution < 1.29 is 22.7 Å². The number of ether oxygens (including phenoxy) is 1. The van der Waals surface area contributed by atoms with Crippen LogP contribution in [0.5, 0.6) is 5.75 Å². The predicted molar refractivity (Wildman–Crippen MR) is 139 cm³/mol. The number of carbonyl (C=O) groups is 2. The van der Waals surface area contributed by atoms with Gasteiger partial charge in [0.05, 0.1) is 19.1 Å². The molecule has 0 saturated carbocycles. The van der Waals surface area contributed by atoms with Crippen molar-refractivity contribution in [3.05, 3.63) is 59.7 Å². The Morgan fingerprint density at radius 2 is 1.71 bits per heavy atom. The third-order valence-corrected chi connectivity index (χ3v) is 7.01. The Kier molecular flexibility index (Phi) is 10.1. The van der Waals surface area contributed by atoms with Crippen molar-refractivity contribution in [2.45, 2.75) is 59.2 Å². The molecule has 2 amide bonds. The van der Waals surface area contributed by atoms with Gasteiger partial charge in [-0.25, -0.2) is 8.42 Å². The minimum Gasteiger partial charge on any atom is -0.497 e. The summed E-state index contributed by atoms with van der Waals surface area (Å²) in [6, 6.07) is 13.4. The monoisotopic (exact) mass is 503 g/mol. The van der Waals surface area contributed by atoms with Crippen LogP contribution >= 0.6 is 0 Å². The SMILES string of the molecule is CCC(C)NC(=O)C(CC)N(Cc1ccc(OC)cc1)C(=O)CN(c1cccc(C)c1)S(C)(=O)=O. The summed E-state index contributed by atoms with van der Waals surface area (Å²) in [5.41, 5.74) is 2.08. The maximum Gasteiger partial charge on any atom is 0.244 e. The molecule has 1 N–H and O–H groups in total. The Hall–Kier alpha value is -3.07. The maximum absolute atomic E-state index is 13.7. The fourth-order valence-electron chi connectivity index (χ4n) is 3.69. The standard InChI is InChI=1S/C26H37N3O5S/c1-7-20(4)27-26(31)24(8-2)28(17-21-12-14-23(34-5)15-13-21)25(30)18-29(35(6,32)33)22-11-9-10-19(3)16-22/h9-16,20,24H,7-8,17-18H2,1-6H3,(H,27,31). The van der Waals surface area contributed by atoms with Crippen LogP contribution in [0.25, 0.3) is 0 Å². The highest BCUT2D eigenvalue weighted by molar-refractivity contribution is 7.92. The average molecular weight is 504 g/mol. The highest BCUT2D eigenvalue weighted by Gasteiger charge is 2.32. The molecule has 0 bridgehead atoms. The third-order valence-electron chi connectivity index (χ3n) is 5.87. The lowest BCUT2D eigenvalue weighted by Crippen LogP contribution is -2.53. The summed E-state index contributed by atoms with van der Waals surface area (Å²) in [5.74, 6) is -0.0417. The predicted octanol–water partition coefficient (Wildman–Crippen LogP) is 3.49. The lowest BCUT2D eigenvalue weighted by Gasteiger charge is -2.33. The van der Waals surface area contributed by atoms with E-state index in [1.165, 1.54) is 4.90 Å². The first-order valence-electron chi connectivity index (χ1n) is 11.8. The highest BCUT2D eigenvalue weighted by Crippen LogP contribution is 2.21. The van der Waals surface area contributed by atoms with Crippen LogP contribution in [0.2, 0.25) is 0 Å². The Bertz CT molecular complexity index is 1100. The molecule has 8 nitrogen and oxygen atoms in total. The van der Waals surface area contributed by atoms with E-state index in [0.29, 0.717) is 17.9 Å². The van der Waals surface area contributed by atoms with Gasteiger partial charge in [0, 0.05) is 12.6 Å². The Morgan fingerprint density at radius 1 is 1.06 bits per heavy atom. The average Bonchev–Trinajstić information content (AvgIpc) is 2.81. The number of aryl methyl sites for hydroxylation is 1. The second-order valence-electron chi connectivity index (χ2n) is 8.72. The number of amides is 2. The zero-order chi connectivity index (χ0) is 26.2. The molecule has 0 saturated heterocycles. The molecule has 2 rings (SSSR count). The van der Waals surface area contributed by atoms with Gasteiger partial charge in [0.15, 0.2) is 0 Å². The van der Waals surface area contributed by atoms with E-state index in [9.17, 15) is 18.0 Å². The van der Waals surface area contributed by atoms with Crippen LogP contribution in [0.4, 0.5) is 5.69 Å². The van der Waals surface area contributed by atoms with Gasteiger partial charge in [0.25, 0.3) is 0 Å². The normalized spacial score (nSPS) is 13.0. The number of sulfonamides is 1. The summed E-state index contributed by atoms with van der Waals surface area (Å²) in [4.78, 5) is 28.2. The largest absolute Gasteiger partial charge is 0.497 e. The second kappa shape index (κ2) is 12.6. The molecule has 2 unspecified atom stereocenters. The third kappa shape index (κ3) is 7.99. The highest BCUT2D eigenvalue weighted by atomic mass is 32.2. The minimum atomic E-state index is -3.75. The van der Waals surface area contributed by atoms with Crippen molar-refractivity contribution >= 4 is 27.5 Å². The summed E-state index contributed by atoms with van der Waals surface area (Å²) in [6.07, 6.45) is 2.21. The number of anilines is 1. The Morgan fingerprint density at radius 3 is 2.23 bits per heavy atom. The van der Waals surface area contributed by atoms with E-state index in [0.717, 1.165) is 28.1 Å². The molecule has 0 aromatic heterocycles. The molecule has 9 heteroatoms. The van der Waals surface area contributed by atoms with E-state index in [1.807, 2.05) is 45.9 Å². The van der Waals surface area contributed by atoms with Gasteiger partial charge in [-0.1, -0.05) is 38.1 Å². The van der Waals surface area contributed by atoms with Gasteiger partial charge in [0.2, 0.25) is 21.8 Å². The number of methoxy groups -OCH3 is 1. The van der Waals surface area contributed by atoms with Crippen LogP contribution in [0.3, 0.4) is 0 Å². The molecular weight excluding hydrogens is 466 g/mol. The van der Waals surface area contributed by atoms with E-state index < -0.39 is 28.5 Å². The minimum absolute atomic E-state index is 0.0469. The molecule has 0 fully saturated rings. The quantitative estimate of drug-likeness (QED) is 0.478. The fraction of sp³-hybridized carbons (Fsp3) is 0.462. The van der Waals surface area contributed by atoms with Crippen LogP contribution in [0.1, 0.15) is 44.7 Å². The van der Waals surface area contributed by atoms with E-state index >= 15 is 0 Å². The summed E-state index contributed by atoms with van der Waals surface area (Å²) in [7, 11) is -2.18. The van der Waals surface area contributed by atoms with Crippen molar-refractivity contribution in [1.29, 1.82) is 0 Å². The molecule has 35 heavy (non-hydrogen) atoms. The van der Waals surface area contributed by atoms with Gasteiger partial charge in [-0.2, -0.15) is 0 Å². The Labute approximate surface area is 209 Å². The molecule has 0 heterocycles. The summed E-state index contributed by atoms with van der Waals surface area (Å²) in [5, 5.41) is 2.96. The second-order valence-corrected chi connectivity index (χ2v) is 10.6. The molecule has 2 atom stereocenters. The number of rotatable bonds is 12. The Balaban J connectivity index is 2.43. The van der Waals surface area contributed by atoms with Gasteiger partial charge in [-0.05, 0) is 62.1 Å². The number of hydrogen-bond acceptors (Lipinski definition) is 5. The van der Waals surface area contributed by atoms with Gasteiger partial charge in [-0.3, -0.25) is 13.9 Å². The van der Waals surface area contributed by atoms with Crippen molar-refractivity contribution in [3.63, 3.8) is 0 Å². The zero-order valence-electron chi connectivity index (χ0n) is 21.4. The molecular formula is C26H37N3O5S. The first-order valence-corrected chi connectivity index (χ1v) is 13.6. The smallest absolute Gasteiger partial charge is 0.244 e. The first kappa shape index (κ1) is 28.2. The molecule has 0 aliphatic carbocycles.